The van der Waals surface area contributed by atoms with Crippen LogP contribution >= 0.6 is 0 Å². The van der Waals surface area contributed by atoms with Crippen molar-refractivity contribution in [3.8, 4) is 0 Å². The maximum Gasteiger partial charge on any atom is 0.417 e. The number of sulfonamides is 1. The minimum Gasteiger partial charge on any atom is -0.408 e. The van der Waals surface area contributed by atoms with Gasteiger partial charge < -0.3 is 9.15 Å². The molecule has 0 aliphatic carbocycles. The Morgan fingerprint density at radius 1 is 1.40 bits per heavy atom. The highest BCUT2D eigenvalue weighted by Gasteiger charge is 2.18. The van der Waals surface area contributed by atoms with Gasteiger partial charge >= 0.3 is 5.76 Å². The minimum absolute atomic E-state index is 0.102. The van der Waals surface area contributed by atoms with Gasteiger partial charge in [0, 0.05) is 26.3 Å². The molecule has 0 spiro atoms. The molecule has 0 atom stereocenters. The Bertz CT molecular complexity index is 760. The van der Waals surface area contributed by atoms with Crippen LogP contribution in [0.15, 0.2) is 26.2 Å². The monoisotopic (exact) mass is 300 g/mol. The van der Waals surface area contributed by atoms with Gasteiger partial charge in [0.1, 0.15) is 0 Å². The fourth-order valence-corrected chi connectivity index (χ4v) is 3.19. The van der Waals surface area contributed by atoms with E-state index in [-0.39, 0.29) is 17.0 Å². The fraction of sp³-hybridized carbons (Fsp3) is 0.417. The van der Waals surface area contributed by atoms with Crippen LogP contribution in [0, 0.1) is 6.92 Å². The molecule has 0 saturated heterocycles. The lowest BCUT2D eigenvalue weighted by Gasteiger charge is -2.09. The minimum atomic E-state index is -3.64. The van der Waals surface area contributed by atoms with Crippen LogP contribution in [0.25, 0.3) is 11.1 Å². The summed E-state index contributed by atoms with van der Waals surface area (Å²) in [6.07, 6.45) is 0.580. The number of hydrogen-bond acceptors (Lipinski definition) is 5. The number of rotatable bonds is 6. The van der Waals surface area contributed by atoms with Crippen LogP contribution in [0.4, 0.5) is 0 Å². The summed E-state index contributed by atoms with van der Waals surface area (Å²) in [5, 5.41) is 0. The van der Waals surface area contributed by atoms with Crippen LogP contribution in [-0.4, -0.2) is 33.7 Å². The maximum absolute atomic E-state index is 12.2. The molecule has 8 heteroatoms. The van der Waals surface area contributed by atoms with Gasteiger partial charge in [-0.2, -0.15) is 0 Å². The highest BCUT2D eigenvalue weighted by molar-refractivity contribution is 7.89. The van der Waals surface area contributed by atoms with Gasteiger partial charge in [-0.3, -0.25) is 4.98 Å². The molecule has 1 aromatic carbocycles. The largest absolute Gasteiger partial charge is 0.417 e. The van der Waals surface area contributed by atoms with E-state index in [9.17, 15) is 13.2 Å². The quantitative estimate of drug-likeness (QED) is 0.766. The van der Waals surface area contributed by atoms with E-state index in [0.717, 1.165) is 0 Å². The Morgan fingerprint density at radius 2 is 2.15 bits per heavy atom. The molecule has 1 aromatic heterocycles. The first-order chi connectivity index (χ1) is 9.44. The number of hydrogen-bond donors (Lipinski definition) is 2. The van der Waals surface area contributed by atoms with Gasteiger partial charge in [0.25, 0.3) is 0 Å². The van der Waals surface area contributed by atoms with E-state index >= 15 is 0 Å². The van der Waals surface area contributed by atoms with Gasteiger partial charge in [0.2, 0.25) is 10.0 Å². The van der Waals surface area contributed by atoms with Crippen molar-refractivity contribution < 1.29 is 17.6 Å². The van der Waals surface area contributed by atoms with Crippen LogP contribution < -0.4 is 10.5 Å². The number of H-pyrrole nitrogens is 1. The topological polar surface area (TPSA) is 101 Å². The van der Waals surface area contributed by atoms with E-state index in [1.54, 1.807) is 20.1 Å². The van der Waals surface area contributed by atoms with Crippen molar-refractivity contribution in [3.05, 3.63) is 28.2 Å². The van der Waals surface area contributed by atoms with Gasteiger partial charge in [-0.1, -0.05) is 0 Å². The third kappa shape index (κ3) is 3.09. The number of nitrogens with one attached hydrogen (secondary N) is 2. The molecule has 0 fully saturated rings. The zero-order valence-corrected chi connectivity index (χ0v) is 12.0. The summed E-state index contributed by atoms with van der Waals surface area (Å²) in [4.78, 5) is 13.7. The van der Waals surface area contributed by atoms with E-state index in [2.05, 4.69) is 9.71 Å². The van der Waals surface area contributed by atoms with Crippen LogP contribution in [0.1, 0.15) is 12.0 Å². The molecule has 2 N–H and O–H groups in total. The normalized spacial score (nSPS) is 12.1. The highest BCUT2D eigenvalue weighted by atomic mass is 32.2. The number of methoxy groups -OCH3 is 1. The fourth-order valence-electron chi connectivity index (χ4n) is 1.88. The second-order valence-electron chi connectivity index (χ2n) is 4.37. The third-order valence-electron chi connectivity index (χ3n) is 2.82. The Kier molecular flexibility index (Phi) is 4.26. The van der Waals surface area contributed by atoms with Crippen LogP contribution in [0.2, 0.25) is 0 Å². The number of benzene rings is 1. The van der Waals surface area contributed by atoms with Gasteiger partial charge in [0.05, 0.1) is 10.4 Å². The number of oxazole rings is 1. The Morgan fingerprint density at radius 3 is 2.85 bits per heavy atom. The predicted octanol–water partition coefficient (Wildman–Crippen LogP) is 0.744. The molecule has 0 radical (unpaired) electrons. The summed E-state index contributed by atoms with van der Waals surface area (Å²) >= 11 is 0. The molecular formula is C12H16N2O5S. The Hall–Kier alpha value is -1.64. The molecule has 0 aliphatic rings. The van der Waals surface area contributed by atoms with Gasteiger partial charge in [-0.25, -0.2) is 17.9 Å². The summed E-state index contributed by atoms with van der Waals surface area (Å²) in [5.41, 5.74) is 1.23. The van der Waals surface area contributed by atoms with E-state index in [0.29, 0.717) is 24.1 Å². The Balaban J connectivity index is 2.30. The van der Waals surface area contributed by atoms with Crippen molar-refractivity contribution in [3.63, 3.8) is 0 Å². The first-order valence-corrected chi connectivity index (χ1v) is 7.54. The van der Waals surface area contributed by atoms with Crippen molar-refractivity contribution in [1.29, 1.82) is 0 Å². The number of aromatic nitrogens is 1. The van der Waals surface area contributed by atoms with Crippen molar-refractivity contribution in [1.82, 2.24) is 9.71 Å². The summed E-state index contributed by atoms with van der Waals surface area (Å²) in [5.74, 6) is -0.609. The van der Waals surface area contributed by atoms with Crippen LogP contribution in [-0.2, 0) is 14.8 Å². The molecule has 0 saturated carbocycles. The number of ether oxygens (including phenoxy) is 1. The molecule has 0 aliphatic heterocycles. The molecule has 0 unspecified atom stereocenters. The lowest BCUT2D eigenvalue weighted by Crippen LogP contribution is -2.26. The molecule has 7 nitrogen and oxygen atoms in total. The van der Waals surface area contributed by atoms with E-state index in [1.165, 1.54) is 6.07 Å². The molecule has 0 bridgehead atoms. The summed E-state index contributed by atoms with van der Waals surface area (Å²) in [6.45, 7) is 2.42. The lowest BCUT2D eigenvalue weighted by atomic mass is 10.2. The molecule has 2 aromatic rings. The molecule has 20 heavy (non-hydrogen) atoms. The second kappa shape index (κ2) is 5.78. The zero-order chi connectivity index (χ0) is 14.8. The van der Waals surface area contributed by atoms with Crippen molar-refractivity contribution >= 4 is 21.1 Å². The van der Waals surface area contributed by atoms with Crippen molar-refractivity contribution in [2.75, 3.05) is 20.3 Å². The van der Waals surface area contributed by atoms with E-state index in [1.807, 2.05) is 0 Å². The smallest absolute Gasteiger partial charge is 0.408 e. The average molecular weight is 300 g/mol. The molecule has 2 rings (SSSR count). The van der Waals surface area contributed by atoms with Gasteiger partial charge in [-0.05, 0) is 25.0 Å². The molecule has 110 valence electrons. The molecular weight excluding hydrogens is 284 g/mol. The SMILES string of the molecule is COCCCNS(=O)(=O)c1cc2oc(=O)[nH]c2cc1C. The van der Waals surface area contributed by atoms with Crippen LogP contribution in [0.5, 0.6) is 0 Å². The number of aromatic amines is 1. The predicted molar refractivity (Wildman–Crippen MR) is 73.3 cm³/mol. The lowest BCUT2D eigenvalue weighted by molar-refractivity contribution is 0.196. The third-order valence-corrected chi connectivity index (χ3v) is 4.43. The van der Waals surface area contributed by atoms with E-state index < -0.39 is 15.8 Å². The maximum atomic E-state index is 12.2. The first kappa shape index (κ1) is 14.8. The first-order valence-electron chi connectivity index (χ1n) is 6.06. The highest BCUT2D eigenvalue weighted by Crippen LogP contribution is 2.21. The molecule has 1 heterocycles. The summed E-state index contributed by atoms with van der Waals surface area (Å²) < 4.78 is 36.6. The molecule has 0 amide bonds. The summed E-state index contributed by atoms with van der Waals surface area (Å²) in [7, 11) is -2.08. The average Bonchev–Trinajstić information content (AvgIpc) is 2.73. The Labute approximate surface area is 116 Å². The van der Waals surface area contributed by atoms with Crippen molar-refractivity contribution in [2.24, 2.45) is 0 Å². The standard InChI is InChI=1S/C12H16N2O5S/c1-8-6-9-10(19-12(15)14-9)7-11(8)20(16,17)13-4-3-5-18-2/h6-7,13H,3-5H2,1-2H3,(H,14,15). The van der Waals surface area contributed by atoms with E-state index in [4.69, 9.17) is 9.15 Å². The zero-order valence-electron chi connectivity index (χ0n) is 11.2. The second-order valence-corrected chi connectivity index (χ2v) is 6.11. The number of aryl methyl sites for hydroxylation is 1. The van der Waals surface area contributed by atoms with Gasteiger partial charge in [-0.15, -0.1) is 0 Å². The van der Waals surface area contributed by atoms with Crippen molar-refractivity contribution in [2.45, 2.75) is 18.2 Å². The summed E-state index contributed by atoms with van der Waals surface area (Å²) in [6, 6.07) is 2.92. The van der Waals surface area contributed by atoms with Crippen LogP contribution in [0.3, 0.4) is 0 Å². The van der Waals surface area contributed by atoms with Gasteiger partial charge in [0.15, 0.2) is 5.58 Å². The number of fused-ring (bicyclic) bond motifs is 1.